The first-order chi connectivity index (χ1) is 9.15. The molecule has 0 aliphatic heterocycles. The van der Waals surface area contributed by atoms with Crippen molar-refractivity contribution >= 4 is 0 Å². The van der Waals surface area contributed by atoms with Gasteiger partial charge in [0.1, 0.15) is 0 Å². The average molecular weight is 261 g/mol. The standard InChI is InChI=1S/C16H27N3/c1-13(2)9-17-10-14-7-8-15(18-11-14)12-19(3)16-5-4-6-16/h7-8,11,13,16-17H,4-6,9-10,12H2,1-3H3. The van der Waals surface area contributed by atoms with E-state index in [2.05, 4.69) is 48.2 Å². The molecule has 3 nitrogen and oxygen atoms in total. The minimum Gasteiger partial charge on any atom is -0.312 e. The molecule has 19 heavy (non-hydrogen) atoms. The fourth-order valence-electron chi connectivity index (χ4n) is 2.37. The molecule has 0 unspecified atom stereocenters. The molecule has 1 N–H and O–H groups in total. The van der Waals surface area contributed by atoms with E-state index in [1.807, 2.05) is 6.20 Å². The molecule has 3 heteroatoms. The second-order valence-corrected chi connectivity index (χ2v) is 6.18. The van der Waals surface area contributed by atoms with Gasteiger partial charge in [0.15, 0.2) is 0 Å². The van der Waals surface area contributed by atoms with Crippen LogP contribution in [0.1, 0.15) is 44.4 Å². The van der Waals surface area contributed by atoms with Crippen molar-refractivity contribution in [3.05, 3.63) is 29.6 Å². The number of hydrogen-bond acceptors (Lipinski definition) is 3. The van der Waals surface area contributed by atoms with Crippen LogP contribution in [0.3, 0.4) is 0 Å². The summed E-state index contributed by atoms with van der Waals surface area (Å²) in [4.78, 5) is 7.01. The Bertz CT molecular complexity index is 368. The van der Waals surface area contributed by atoms with Gasteiger partial charge in [0.05, 0.1) is 5.69 Å². The molecule has 1 aromatic heterocycles. The van der Waals surface area contributed by atoms with Gasteiger partial charge in [-0.3, -0.25) is 9.88 Å². The molecular weight excluding hydrogens is 234 g/mol. The van der Waals surface area contributed by atoms with Crippen LogP contribution >= 0.6 is 0 Å². The summed E-state index contributed by atoms with van der Waals surface area (Å²) in [6.07, 6.45) is 6.11. The second-order valence-electron chi connectivity index (χ2n) is 6.18. The van der Waals surface area contributed by atoms with Gasteiger partial charge >= 0.3 is 0 Å². The Morgan fingerprint density at radius 1 is 1.37 bits per heavy atom. The third-order valence-electron chi connectivity index (χ3n) is 3.88. The molecule has 2 rings (SSSR count). The van der Waals surface area contributed by atoms with Crippen LogP contribution in [0.25, 0.3) is 0 Å². The SMILES string of the molecule is CC(C)CNCc1ccc(CN(C)C2CCC2)nc1. The molecule has 0 atom stereocenters. The first-order valence-corrected chi connectivity index (χ1v) is 7.50. The molecule has 1 aliphatic carbocycles. The van der Waals surface area contributed by atoms with Gasteiger partial charge in [-0.25, -0.2) is 0 Å². The zero-order valence-corrected chi connectivity index (χ0v) is 12.5. The smallest absolute Gasteiger partial charge is 0.0544 e. The van der Waals surface area contributed by atoms with Crippen LogP contribution in [0.15, 0.2) is 18.3 Å². The van der Waals surface area contributed by atoms with Crippen molar-refractivity contribution in [1.82, 2.24) is 15.2 Å². The van der Waals surface area contributed by atoms with E-state index in [1.165, 1.54) is 30.5 Å². The van der Waals surface area contributed by atoms with Gasteiger partial charge in [0, 0.05) is 25.3 Å². The predicted molar refractivity (Wildman–Crippen MR) is 79.9 cm³/mol. The van der Waals surface area contributed by atoms with E-state index in [9.17, 15) is 0 Å². The maximum Gasteiger partial charge on any atom is 0.0544 e. The van der Waals surface area contributed by atoms with Crippen LogP contribution in [0, 0.1) is 5.92 Å². The minimum atomic E-state index is 0.698. The summed E-state index contributed by atoms with van der Waals surface area (Å²) in [5.74, 6) is 0.698. The van der Waals surface area contributed by atoms with E-state index in [0.29, 0.717) is 5.92 Å². The Labute approximate surface area is 117 Å². The Morgan fingerprint density at radius 2 is 2.16 bits per heavy atom. The van der Waals surface area contributed by atoms with Crippen molar-refractivity contribution in [3.63, 3.8) is 0 Å². The summed E-state index contributed by atoms with van der Waals surface area (Å²) in [5.41, 5.74) is 2.46. The van der Waals surface area contributed by atoms with Crippen molar-refractivity contribution in [2.24, 2.45) is 5.92 Å². The number of nitrogens with zero attached hydrogens (tertiary/aromatic N) is 2. The Kier molecular flexibility index (Phi) is 5.34. The van der Waals surface area contributed by atoms with E-state index in [0.717, 1.165) is 25.7 Å². The van der Waals surface area contributed by atoms with Crippen LogP contribution in [-0.2, 0) is 13.1 Å². The molecule has 1 saturated carbocycles. The largest absolute Gasteiger partial charge is 0.312 e. The van der Waals surface area contributed by atoms with Gasteiger partial charge in [-0.15, -0.1) is 0 Å². The zero-order chi connectivity index (χ0) is 13.7. The van der Waals surface area contributed by atoms with Crippen molar-refractivity contribution in [1.29, 1.82) is 0 Å². The van der Waals surface area contributed by atoms with Crippen molar-refractivity contribution in [3.8, 4) is 0 Å². The van der Waals surface area contributed by atoms with Crippen LogP contribution < -0.4 is 5.32 Å². The van der Waals surface area contributed by atoms with Crippen LogP contribution in [0.2, 0.25) is 0 Å². The lowest BCUT2D eigenvalue weighted by Crippen LogP contribution is -2.36. The molecule has 1 fully saturated rings. The fraction of sp³-hybridized carbons (Fsp3) is 0.688. The van der Waals surface area contributed by atoms with Gasteiger partial charge in [-0.1, -0.05) is 26.3 Å². The normalized spacial score (nSPS) is 16.1. The number of pyridine rings is 1. The third kappa shape index (κ3) is 4.59. The Balaban J connectivity index is 1.77. The highest BCUT2D eigenvalue weighted by Gasteiger charge is 2.21. The number of hydrogen-bond donors (Lipinski definition) is 1. The van der Waals surface area contributed by atoms with E-state index < -0.39 is 0 Å². The maximum absolute atomic E-state index is 4.58. The summed E-state index contributed by atoms with van der Waals surface area (Å²) < 4.78 is 0. The molecule has 106 valence electrons. The van der Waals surface area contributed by atoms with Crippen molar-refractivity contribution in [2.45, 2.75) is 52.2 Å². The first kappa shape index (κ1) is 14.5. The molecule has 0 aromatic carbocycles. The van der Waals surface area contributed by atoms with Gasteiger partial charge in [0.25, 0.3) is 0 Å². The highest BCUT2D eigenvalue weighted by molar-refractivity contribution is 5.14. The van der Waals surface area contributed by atoms with E-state index in [-0.39, 0.29) is 0 Å². The summed E-state index contributed by atoms with van der Waals surface area (Å²) in [6, 6.07) is 5.15. The topological polar surface area (TPSA) is 28.2 Å². The molecule has 0 bridgehead atoms. The molecule has 0 radical (unpaired) electrons. The lowest BCUT2D eigenvalue weighted by Gasteiger charge is -2.34. The van der Waals surface area contributed by atoms with Gasteiger partial charge < -0.3 is 5.32 Å². The summed E-state index contributed by atoms with van der Waals surface area (Å²) >= 11 is 0. The van der Waals surface area contributed by atoms with Crippen LogP contribution in [0.4, 0.5) is 0 Å². The van der Waals surface area contributed by atoms with Crippen LogP contribution in [0.5, 0.6) is 0 Å². The molecule has 1 aromatic rings. The highest BCUT2D eigenvalue weighted by atomic mass is 15.1. The number of nitrogens with one attached hydrogen (secondary N) is 1. The van der Waals surface area contributed by atoms with E-state index in [4.69, 9.17) is 0 Å². The summed E-state index contributed by atoms with van der Waals surface area (Å²) in [7, 11) is 2.21. The second kappa shape index (κ2) is 7.01. The maximum atomic E-state index is 4.58. The van der Waals surface area contributed by atoms with Gasteiger partial charge in [-0.2, -0.15) is 0 Å². The molecular formula is C16H27N3. The zero-order valence-electron chi connectivity index (χ0n) is 12.5. The fourth-order valence-corrected chi connectivity index (χ4v) is 2.37. The van der Waals surface area contributed by atoms with Crippen LogP contribution in [-0.4, -0.2) is 29.5 Å². The molecule has 0 saturated heterocycles. The molecule has 1 aliphatic rings. The monoisotopic (exact) mass is 261 g/mol. The third-order valence-corrected chi connectivity index (χ3v) is 3.88. The summed E-state index contributed by atoms with van der Waals surface area (Å²) in [6.45, 7) is 7.41. The molecule has 0 spiro atoms. The Hall–Kier alpha value is -0.930. The number of aromatic nitrogens is 1. The summed E-state index contributed by atoms with van der Waals surface area (Å²) in [5, 5.41) is 3.45. The lowest BCUT2D eigenvalue weighted by atomic mass is 9.92. The van der Waals surface area contributed by atoms with Gasteiger partial charge in [0.2, 0.25) is 0 Å². The quantitative estimate of drug-likeness (QED) is 0.818. The van der Waals surface area contributed by atoms with E-state index in [1.54, 1.807) is 0 Å². The average Bonchev–Trinajstić information content (AvgIpc) is 2.28. The molecule has 1 heterocycles. The highest BCUT2D eigenvalue weighted by Crippen LogP contribution is 2.24. The predicted octanol–water partition coefficient (Wildman–Crippen LogP) is 2.81. The van der Waals surface area contributed by atoms with Crippen molar-refractivity contribution in [2.75, 3.05) is 13.6 Å². The van der Waals surface area contributed by atoms with Crippen molar-refractivity contribution < 1.29 is 0 Å². The molecule has 0 amide bonds. The first-order valence-electron chi connectivity index (χ1n) is 7.50. The number of rotatable bonds is 7. The van der Waals surface area contributed by atoms with Gasteiger partial charge in [-0.05, 0) is 44.0 Å². The lowest BCUT2D eigenvalue weighted by molar-refractivity contribution is 0.151. The Morgan fingerprint density at radius 3 is 2.68 bits per heavy atom. The minimum absolute atomic E-state index is 0.698. The van der Waals surface area contributed by atoms with E-state index >= 15 is 0 Å².